The fraction of sp³-hybridized carbons (Fsp3) is 0. The van der Waals surface area contributed by atoms with Crippen molar-refractivity contribution in [2.45, 2.75) is 0 Å². The van der Waals surface area contributed by atoms with Gasteiger partial charge in [-0.2, -0.15) is 9.78 Å². The van der Waals surface area contributed by atoms with Crippen LogP contribution in [0.2, 0.25) is 10.0 Å². The Balaban J connectivity index is 2.67. The minimum atomic E-state index is -0.647. The lowest BCUT2D eigenvalue weighted by molar-refractivity contribution is 0.750. The summed E-state index contributed by atoms with van der Waals surface area (Å²) in [5.41, 5.74) is -0.820. The molecule has 1 aromatic heterocycles. The molecule has 0 saturated carbocycles. The maximum absolute atomic E-state index is 11.4. The molecule has 0 amide bonds. The molecular weight excluding hydrogens is 253 g/mol. The molecule has 1 N–H and O–H groups in total. The summed E-state index contributed by atoms with van der Waals surface area (Å²) in [5, 5.41) is 4.43. The lowest BCUT2D eigenvalue weighted by Gasteiger charge is -2.03. The average Bonchev–Trinajstić information content (AvgIpc) is 2.15. The van der Waals surface area contributed by atoms with E-state index in [4.69, 9.17) is 23.2 Å². The number of aromatic amines is 1. The van der Waals surface area contributed by atoms with Gasteiger partial charge in [0.2, 0.25) is 0 Å². The molecule has 0 saturated heterocycles. The summed E-state index contributed by atoms with van der Waals surface area (Å²) in [6.45, 7) is 0. The summed E-state index contributed by atoms with van der Waals surface area (Å²) in [4.78, 5) is 24.3. The van der Waals surface area contributed by atoms with Crippen LogP contribution in [0.25, 0.3) is 5.69 Å². The number of aromatic nitrogens is 3. The molecule has 0 spiro atoms. The molecule has 2 aromatic rings. The summed E-state index contributed by atoms with van der Waals surface area (Å²) in [6.07, 6.45) is 0.996. The van der Waals surface area contributed by atoms with Crippen molar-refractivity contribution in [1.29, 1.82) is 0 Å². The number of benzene rings is 1. The van der Waals surface area contributed by atoms with Crippen molar-refractivity contribution >= 4 is 23.2 Å². The van der Waals surface area contributed by atoms with Gasteiger partial charge in [0, 0.05) is 10.0 Å². The number of rotatable bonds is 1. The normalized spacial score (nSPS) is 10.4. The van der Waals surface area contributed by atoms with E-state index in [1.807, 2.05) is 0 Å². The molecule has 82 valence electrons. The van der Waals surface area contributed by atoms with Gasteiger partial charge in [0.1, 0.15) is 6.20 Å². The van der Waals surface area contributed by atoms with E-state index in [-0.39, 0.29) is 0 Å². The number of hydrogen-bond acceptors (Lipinski definition) is 3. The van der Waals surface area contributed by atoms with Crippen LogP contribution >= 0.6 is 23.2 Å². The second-order valence-electron chi connectivity index (χ2n) is 2.98. The number of nitrogens with one attached hydrogen (secondary N) is 1. The van der Waals surface area contributed by atoms with Gasteiger partial charge in [-0.15, -0.1) is 0 Å². The maximum Gasteiger partial charge on any atom is 0.349 e. The van der Waals surface area contributed by atoms with Crippen molar-refractivity contribution in [2.75, 3.05) is 0 Å². The van der Waals surface area contributed by atoms with E-state index in [1.54, 1.807) is 0 Å². The van der Waals surface area contributed by atoms with Gasteiger partial charge in [0.05, 0.1) is 5.69 Å². The number of halogens is 2. The number of H-pyrrole nitrogens is 1. The second kappa shape index (κ2) is 4.11. The van der Waals surface area contributed by atoms with E-state index >= 15 is 0 Å². The van der Waals surface area contributed by atoms with E-state index < -0.39 is 11.2 Å². The molecule has 2 rings (SSSR count). The van der Waals surface area contributed by atoms with Crippen LogP contribution in [-0.4, -0.2) is 14.8 Å². The predicted octanol–water partition coefficient (Wildman–Crippen LogP) is 1.23. The fourth-order valence-electron chi connectivity index (χ4n) is 1.20. The van der Waals surface area contributed by atoms with Gasteiger partial charge in [-0.25, -0.2) is 4.79 Å². The molecule has 0 fully saturated rings. The van der Waals surface area contributed by atoms with Gasteiger partial charge in [-0.05, 0) is 18.2 Å². The smallest absolute Gasteiger partial charge is 0.271 e. The third-order valence-electron chi connectivity index (χ3n) is 1.80. The fourth-order valence-corrected chi connectivity index (χ4v) is 1.71. The zero-order valence-corrected chi connectivity index (χ0v) is 9.29. The lowest BCUT2D eigenvalue weighted by atomic mass is 10.3. The molecule has 1 aromatic carbocycles. The van der Waals surface area contributed by atoms with E-state index in [0.717, 1.165) is 10.9 Å². The topological polar surface area (TPSA) is 67.8 Å². The summed E-state index contributed by atoms with van der Waals surface area (Å²) in [7, 11) is 0. The number of nitrogens with zero attached hydrogens (tertiary/aromatic N) is 2. The van der Waals surface area contributed by atoms with Gasteiger partial charge in [0.15, 0.2) is 0 Å². The van der Waals surface area contributed by atoms with Gasteiger partial charge < -0.3 is 0 Å². The third kappa shape index (κ3) is 2.15. The highest BCUT2D eigenvalue weighted by molar-refractivity contribution is 6.34. The van der Waals surface area contributed by atoms with Crippen molar-refractivity contribution in [3.63, 3.8) is 0 Å². The van der Waals surface area contributed by atoms with E-state index in [9.17, 15) is 9.59 Å². The quantitative estimate of drug-likeness (QED) is 0.836. The molecule has 0 atom stereocenters. The minimum Gasteiger partial charge on any atom is -0.271 e. The van der Waals surface area contributed by atoms with Crippen LogP contribution < -0.4 is 11.2 Å². The molecule has 0 unspecified atom stereocenters. The first-order valence-electron chi connectivity index (χ1n) is 4.21. The molecule has 1 heterocycles. The Morgan fingerprint density at radius 1 is 1.12 bits per heavy atom. The van der Waals surface area contributed by atoms with Crippen LogP contribution in [-0.2, 0) is 0 Å². The molecule has 5 nitrogen and oxygen atoms in total. The van der Waals surface area contributed by atoms with E-state index in [0.29, 0.717) is 15.7 Å². The first-order valence-corrected chi connectivity index (χ1v) is 4.97. The lowest BCUT2D eigenvalue weighted by Crippen LogP contribution is -2.30. The van der Waals surface area contributed by atoms with Crippen LogP contribution in [0.1, 0.15) is 0 Å². The van der Waals surface area contributed by atoms with Crippen LogP contribution in [0.15, 0.2) is 34.0 Å². The zero-order chi connectivity index (χ0) is 11.7. The molecular formula is C9H5Cl2N3O2. The van der Waals surface area contributed by atoms with Crippen LogP contribution in [0.5, 0.6) is 0 Å². The zero-order valence-electron chi connectivity index (χ0n) is 7.78. The molecule has 0 aliphatic heterocycles. The molecule has 0 aliphatic carbocycles. The SMILES string of the molecule is O=c1cnn(-c2cc(Cl)cc(Cl)c2)c(=O)[nH]1. The van der Waals surface area contributed by atoms with Crippen molar-refractivity contribution in [1.82, 2.24) is 14.8 Å². The largest absolute Gasteiger partial charge is 0.349 e. The van der Waals surface area contributed by atoms with Gasteiger partial charge in [-0.3, -0.25) is 9.78 Å². The first-order chi connectivity index (χ1) is 7.56. The van der Waals surface area contributed by atoms with Crippen molar-refractivity contribution in [3.8, 4) is 5.69 Å². The van der Waals surface area contributed by atoms with Crippen LogP contribution in [0.3, 0.4) is 0 Å². The standard InChI is InChI=1S/C9H5Cl2N3O2/c10-5-1-6(11)3-7(2-5)14-9(16)13-8(15)4-12-14/h1-4H,(H,13,15,16). The summed E-state index contributed by atoms with van der Waals surface area (Å²) >= 11 is 11.6. The first kappa shape index (κ1) is 10.9. The van der Waals surface area contributed by atoms with Gasteiger partial charge in [-0.1, -0.05) is 23.2 Å². The van der Waals surface area contributed by atoms with Crippen molar-refractivity contribution in [3.05, 3.63) is 55.3 Å². The Kier molecular flexibility index (Phi) is 2.80. The molecule has 0 radical (unpaired) electrons. The maximum atomic E-state index is 11.4. The van der Waals surface area contributed by atoms with Crippen LogP contribution in [0.4, 0.5) is 0 Å². The summed E-state index contributed by atoms with van der Waals surface area (Å²) in [6, 6.07) is 4.56. The monoisotopic (exact) mass is 257 g/mol. The summed E-state index contributed by atoms with van der Waals surface area (Å²) < 4.78 is 0.999. The van der Waals surface area contributed by atoms with Gasteiger partial charge >= 0.3 is 5.69 Å². The average molecular weight is 258 g/mol. The minimum absolute atomic E-state index is 0.377. The summed E-state index contributed by atoms with van der Waals surface area (Å²) in [5.74, 6) is 0. The van der Waals surface area contributed by atoms with Gasteiger partial charge in [0.25, 0.3) is 5.56 Å². The molecule has 0 aliphatic rings. The van der Waals surface area contributed by atoms with E-state index in [1.165, 1.54) is 18.2 Å². The Morgan fingerprint density at radius 2 is 1.75 bits per heavy atom. The Labute approximate surface area is 99.3 Å². The second-order valence-corrected chi connectivity index (χ2v) is 3.85. The van der Waals surface area contributed by atoms with E-state index in [2.05, 4.69) is 10.1 Å². The highest BCUT2D eigenvalue weighted by Gasteiger charge is 2.04. The Hall–Kier alpha value is -1.59. The van der Waals surface area contributed by atoms with Crippen molar-refractivity contribution < 1.29 is 0 Å². The van der Waals surface area contributed by atoms with Crippen LogP contribution in [0, 0.1) is 0 Å². The molecule has 16 heavy (non-hydrogen) atoms. The Morgan fingerprint density at radius 3 is 2.31 bits per heavy atom. The molecule has 0 bridgehead atoms. The molecule has 7 heteroatoms. The third-order valence-corrected chi connectivity index (χ3v) is 2.24. The van der Waals surface area contributed by atoms with Crippen molar-refractivity contribution in [2.24, 2.45) is 0 Å². The Bertz CT molecular complexity index is 627. The number of hydrogen-bond donors (Lipinski definition) is 1. The highest BCUT2D eigenvalue weighted by Crippen LogP contribution is 2.20. The predicted molar refractivity (Wildman–Crippen MR) is 60.5 cm³/mol. The highest BCUT2D eigenvalue weighted by atomic mass is 35.5.